The number of ether oxygens (including phenoxy) is 1. The number of carbonyl (C=O) groups excluding carboxylic acids is 2. The summed E-state index contributed by atoms with van der Waals surface area (Å²) in [6.07, 6.45) is 1.27. The Hall–Kier alpha value is -3.20. The molecule has 0 saturated heterocycles. The molecular weight excluding hydrogens is 479 g/mol. The van der Waals surface area contributed by atoms with Crippen molar-refractivity contribution < 1.29 is 14.3 Å². The second kappa shape index (κ2) is 11.8. The Labute approximate surface area is 207 Å². The number of likely N-dealkylation sites (N-methyl/N-ethyl adjacent to an activating group) is 1. The summed E-state index contributed by atoms with van der Waals surface area (Å²) in [6.45, 7) is 6.91. The Morgan fingerprint density at radius 3 is 2.24 bits per heavy atom. The van der Waals surface area contributed by atoms with Gasteiger partial charge in [0, 0.05) is 17.8 Å². The van der Waals surface area contributed by atoms with Gasteiger partial charge in [-0.15, -0.1) is 0 Å². The minimum Gasteiger partial charge on any atom is -0.461 e. The van der Waals surface area contributed by atoms with Crippen LogP contribution >= 0.6 is 23.2 Å². The maximum absolute atomic E-state index is 12.6. The van der Waals surface area contributed by atoms with E-state index in [1.807, 2.05) is 0 Å². The Morgan fingerprint density at radius 1 is 1.00 bits per heavy atom. The van der Waals surface area contributed by atoms with Crippen molar-refractivity contribution in [3.8, 4) is 5.69 Å². The zero-order valence-electron chi connectivity index (χ0n) is 18.8. The summed E-state index contributed by atoms with van der Waals surface area (Å²) in [5.74, 6) is -0.762. The maximum atomic E-state index is 12.6. The highest BCUT2D eigenvalue weighted by molar-refractivity contribution is 6.41. The predicted molar refractivity (Wildman–Crippen MR) is 132 cm³/mol. The van der Waals surface area contributed by atoms with Crippen molar-refractivity contribution in [1.82, 2.24) is 14.7 Å². The first kappa shape index (κ1) is 25.4. The van der Waals surface area contributed by atoms with Gasteiger partial charge >= 0.3 is 5.97 Å². The lowest BCUT2D eigenvalue weighted by molar-refractivity contribution is 0.0466. The summed E-state index contributed by atoms with van der Waals surface area (Å²) < 4.78 is 6.40. The molecule has 1 amide bonds. The molecule has 2 aromatic carbocycles. The molecule has 0 saturated carbocycles. The average Bonchev–Trinajstić information content (AvgIpc) is 2.86. The molecule has 3 rings (SSSR count). The molecule has 0 radical (unpaired) electrons. The van der Waals surface area contributed by atoms with E-state index in [2.05, 4.69) is 29.2 Å². The average molecular weight is 503 g/mol. The van der Waals surface area contributed by atoms with Crippen LogP contribution in [0.3, 0.4) is 0 Å². The van der Waals surface area contributed by atoms with Gasteiger partial charge in [-0.05, 0) is 61.6 Å². The van der Waals surface area contributed by atoms with Crippen molar-refractivity contribution in [1.29, 1.82) is 0 Å². The van der Waals surface area contributed by atoms with Crippen LogP contribution in [-0.4, -0.2) is 52.8 Å². The van der Waals surface area contributed by atoms with E-state index in [0.29, 0.717) is 35.7 Å². The van der Waals surface area contributed by atoms with Crippen LogP contribution < -0.4 is 10.9 Å². The van der Waals surface area contributed by atoms with Crippen molar-refractivity contribution >= 4 is 40.8 Å². The third-order valence-electron chi connectivity index (χ3n) is 5.16. The van der Waals surface area contributed by atoms with Crippen molar-refractivity contribution in [2.45, 2.75) is 13.8 Å². The number of nitrogens with one attached hydrogen (secondary N) is 1. The number of nitrogens with zero attached hydrogens (tertiary/aromatic N) is 3. The molecule has 3 aromatic rings. The number of benzene rings is 2. The molecule has 10 heteroatoms. The number of anilines is 1. The highest BCUT2D eigenvalue weighted by Gasteiger charge is 2.12. The fraction of sp³-hybridized carbons (Fsp3) is 0.250. The summed E-state index contributed by atoms with van der Waals surface area (Å²) in [4.78, 5) is 39.2. The number of rotatable bonds is 9. The molecule has 0 atom stereocenters. The van der Waals surface area contributed by atoms with Gasteiger partial charge in [-0.3, -0.25) is 9.59 Å². The van der Waals surface area contributed by atoms with Gasteiger partial charge in [0.05, 0.1) is 22.5 Å². The van der Waals surface area contributed by atoms with Crippen molar-refractivity contribution in [3.63, 3.8) is 0 Å². The lowest BCUT2D eigenvalue weighted by Crippen LogP contribution is -2.27. The first-order valence-corrected chi connectivity index (χ1v) is 11.4. The van der Waals surface area contributed by atoms with E-state index in [-0.39, 0.29) is 16.0 Å². The van der Waals surface area contributed by atoms with E-state index in [4.69, 9.17) is 27.9 Å². The quantitative estimate of drug-likeness (QED) is 0.438. The Balaban J connectivity index is 1.60. The van der Waals surface area contributed by atoms with E-state index in [1.54, 1.807) is 48.5 Å². The number of halogens is 2. The minimum absolute atomic E-state index is 0.0674. The summed E-state index contributed by atoms with van der Waals surface area (Å²) in [5.41, 5.74) is 1.18. The van der Waals surface area contributed by atoms with Crippen LogP contribution in [0.1, 0.15) is 34.6 Å². The van der Waals surface area contributed by atoms with Gasteiger partial charge in [0.15, 0.2) is 0 Å². The van der Waals surface area contributed by atoms with Gasteiger partial charge in [0.1, 0.15) is 11.6 Å². The van der Waals surface area contributed by atoms with Crippen LogP contribution in [0.25, 0.3) is 5.69 Å². The molecule has 0 spiro atoms. The molecule has 1 N–H and O–H groups in total. The fourth-order valence-electron chi connectivity index (χ4n) is 3.13. The number of hydrogen-bond acceptors (Lipinski definition) is 6. The van der Waals surface area contributed by atoms with Crippen molar-refractivity contribution in [3.05, 3.63) is 86.3 Å². The summed E-state index contributed by atoms with van der Waals surface area (Å²) >= 11 is 11.7. The van der Waals surface area contributed by atoms with E-state index in [0.717, 1.165) is 17.8 Å². The SMILES string of the molecule is CCN(CC)CCOC(=O)c1ccc(NC(=O)c2ccc(-n3ncc(Cl)c(Cl)c3=O)cc2)cc1. The van der Waals surface area contributed by atoms with Gasteiger partial charge < -0.3 is 15.0 Å². The molecule has 0 aliphatic heterocycles. The molecule has 1 heterocycles. The van der Waals surface area contributed by atoms with E-state index >= 15 is 0 Å². The molecule has 0 aliphatic rings. The van der Waals surface area contributed by atoms with Crippen LogP contribution in [-0.2, 0) is 4.74 Å². The Kier molecular flexibility index (Phi) is 8.81. The van der Waals surface area contributed by atoms with Crippen LogP contribution in [0, 0.1) is 0 Å². The minimum atomic E-state index is -0.557. The molecule has 0 fully saturated rings. The third kappa shape index (κ3) is 6.22. The van der Waals surface area contributed by atoms with Gasteiger partial charge in [0.2, 0.25) is 0 Å². The van der Waals surface area contributed by atoms with Gasteiger partial charge in [-0.25, -0.2) is 4.79 Å². The molecule has 178 valence electrons. The first-order valence-electron chi connectivity index (χ1n) is 10.7. The van der Waals surface area contributed by atoms with Gasteiger partial charge in [-0.1, -0.05) is 37.0 Å². The number of aromatic nitrogens is 2. The van der Waals surface area contributed by atoms with Crippen LogP contribution in [0.15, 0.2) is 59.5 Å². The monoisotopic (exact) mass is 502 g/mol. The molecule has 0 bridgehead atoms. The fourth-order valence-corrected chi connectivity index (χ4v) is 3.39. The lowest BCUT2D eigenvalue weighted by atomic mass is 10.1. The number of esters is 1. The molecule has 0 unspecified atom stereocenters. The molecule has 8 nitrogen and oxygen atoms in total. The smallest absolute Gasteiger partial charge is 0.338 e. The van der Waals surface area contributed by atoms with Gasteiger partial charge in [-0.2, -0.15) is 9.78 Å². The zero-order chi connectivity index (χ0) is 24.7. The number of amides is 1. The standard InChI is InChI=1S/C24H24Cl2N4O4/c1-3-29(4-2)13-14-34-24(33)17-5-9-18(10-6-17)28-22(31)16-7-11-19(12-8-16)30-23(32)21(26)20(25)15-27-30/h5-12,15H,3-4,13-14H2,1-2H3,(H,28,31). The Morgan fingerprint density at radius 2 is 1.62 bits per heavy atom. The second-order valence-corrected chi connectivity index (χ2v) is 8.05. The lowest BCUT2D eigenvalue weighted by Gasteiger charge is -2.17. The number of carbonyl (C=O) groups is 2. The topological polar surface area (TPSA) is 93.5 Å². The van der Waals surface area contributed by atoms with Crippen molar-refractivity contribution in [2.75, 3.05) is 31.6 Å². The number of hydrogen-bond donors (Lipinski definition) is 1. The van der Waals surface area contributed by atoms with Crippen molar-refractivity contribution in [2.24, 2.45) is 0 Å². The zero-order valence-corrected chi connectivity index (χ0v) is 20.3. The van der Waals surface area contributed by atoms with Gasteiger partial charge in [0.25, 0.3) is 11.5 Å². The first-order chi connectivity index (χ1) is 16.3. The highest BCUT2D eigenvalue weighted by Crippen LogP contribution is 2.17. The molecule has 1 aromatic heterocycles. The molecule has 0 aliphatic carbocycles. The highest BCUT2D eigenvalue weighted by atomic mass is 35.5. The molecule has 34 heavy (non-hydrogen) atoms. The second-order valence-electron chi connectivity index (χ2n) is 7.26. The van der Waals surface area contributed by atoms with E-state index < -0.39 is 11.5 Å². The summed E-state index contributed by atoms with van der Waals surface area (Å²) in [5, 5.41) is 6.66. The van der Waals surface area contributed by atoms with Crippen LogP contribution in [0.2, 0.25) is 10.0 Å². The maximum Gasteiger partial charge on any atom is 0.338 e. The van der Waals surface area contributed by atoms with E-state index in [9.17, 15) is 14.4 Å². The molecular formula is C24H24Cl2N4O4. The van der Waals surface area contributed by atoms with Crippen LogP contribution in [0.4, 0.5) is 5.69 Å². The summed E-state index contributed by atoms with van der Waals surface area (Å²) in [6, 6.07) is 12.7. The van der Waals surface area contributed by atoms with Crippen LogP contribution in [0.5, 0.6) is 0 Å². The normalized spacial score (nSPS) is 10.9. The predicted octanol–water partition coefficient (Wildman–Crippen LogP) is 4.29. The Bertz CT molecular complexity index is 1210. The van der Waals surface area contributed by atoms with E-state index in [1.165, 1.54) is 6.20 Å². The largest absolute Gasteiger partial charge is 0.461 e. The summed E-state index contributed by atoms with van der Waals surface area (Å²) in [7, 11) is 0. The third-order valence-corrected chi connectivity index (χ3v) is 5.91.